The third-order valence-corrected chi connectivity index (χ3v) is 10.3. The summed E-state index contributed by atoms with van der Waals surface area (Å²) in [6, 6.07) is 22.7. The average Bonchev–Trinajstić information content (AvgIpc) is 3.77. The van der Waals surface area contributed by atoms with E-state index < -0.39 is 12.2 Å². The number of benzene rings is 4. The molecule has 4 aromatic carbocycles. The first-order chi connectivity index (χ1) is 26.4. The maximum atomic E-state index is 14.2. The van der Waals surface area contributed by atoms with Crippen molar-refractivity contribution in [2.24, 2.45) is 0 Å². The number of anilines is 1. The molecule has 1 aliphatic carbocycles. The van der Waals surface area contributed by atoms with E-state index in [-0.39, 0.29) is 37.3 Å². The lowest BCUT2D eigenvalue weighted by Crippen LogP contribution is -2.38. The van der Waals surface area contributed by atoms with Gasteiger partial charge >= 0.3 is 12.2 Å². The van der Waals surface area contributed by atoms with Crippen molar-refractivity contribution in [3.8, 4) is 11.5 Å². The molecule has 0 radical (unpaired) electrons. The largest absolute Gasteiger partial charge is 0.492 e. The molecule has 6 rings (SSSR count). The lowest BCUT2D eigenvalue weighted by Gasteiger charge is -2.23. The highest BCUT2D eigenvalue weighted by Crippen LogP contribution is 2.46. The smallest absolute Gasteiger partial charge is 0.415 e. The molecular weight excluding hydrogens is 720 g/mol. The zero-order valence-electron chi connectivity index (χ0n) is 32.0. The molecule has 11 nitrogen and oxygen atoms in total. The van der Waals surface area contributed by atoms with E-state index in [2.05, 4.69) is 4.90 Å². The summed E-state index contributed by atoms with van der Waals surface area (Å²) in [5.74, 6) is 1.25. The van der Waals surface area contributed by atoms with E-state index >= 15 is 0 Å². The van der Waals surface area contributed by atoms with Crippen molar-refractivity contribution < 1.29 is 33.4 Å². The number of alkyl halides is 1. The van der Waals surface area contributed by atoms with Gasteiger partial charge in [-0.2, -0.15) is 0 Å². The number of hydrogen-bond donors (Lipinski definition) is 0. The van der Waals surface area contributed by atoms with Crippen LogP contribution in [0.25, 0.3) is 16.8 Å². The van der Waals surface area contributed by atoms with E-state index in [4.69, 9.17) is 25.8 Å². The first-order valence-electron chi connectivity index (χ1n) is 18.3. The van der Waals surface area contributed by atoms with Crippen LogP contribution in [0.1, 0.15) is 40.7 Å². The summed E-state index contributed by atoms with van der Waals surface area (Å²) in [5, 5.41) is 1.60. The number of Topliss-reactive ketones (excluding diaryl/α,β-unsaturated/α-hetero) is 1. The number of ether oxygens (including phenoxy) is 3. The summed E-state index contributed by atoms with van der Waals surface area (Å²) in [7, 11) is 7.20. The molecule has 0 fully saturated rings. The SMILES string of the molecule is CC(=O)Cc1ccc(COC(=O)N(C)CCN(C)C(=O)Oc2cc3c(c4ccccc24)[C@H](CCl)CN3C(=O)C2=Cc3cc(OCCN(C)C)ccc3C2)cc1. The number of carbonyl (C=O) groups excluding carboxylic acids is 4. The number of nitrogens with zero attached hydrogens (tertiary/aromatic N) is 4. The van der Waals surface area contributed by atoms with Gasteiger partial charge in [0.05, 0.1) is 5.69 Å². The molecule has 0 saturated heterocycles. The van der Waals surface area contributed by atoms with Crippen molar-refractivity contribution in [3.63, 3.8) is 0 Å². The Kier molecular flexibility index (Phi) is 12.4. The summed E-state index contributed by atoms with van der Waals surface area (Å²) in [6.45, 7) is 3.77. The van der Waals surface area contributed by atoms with Gasteiger partial charge in [-0.25, -0.2) is 9.59 Å². The van der Waals surface area contributed by atoms with Gasteiger partial charge in [-0.1, -0.05) is 54.6 Å². The van der Waals surface area contributed by atoms with Crippen LogP contribution in [0.2, 0.25) is 0 Å². The fraction of sp³-hybridized carbons (Fsp3) is 0.349. The highest BCUT2D eigenvalue weighted by atomic mass is 35.5. The highest BCUT2D eigenvalue weighted by Gasteiger charge is 2.37. The predicted molar refractivity (Wildman–Crippen MR) is 214 cm³/mol. The van der Waals surface area contributed by atoms with Crippen LogP contribution in [0.3, 0.4) is 0 Å². The lowest BCUT2D eigenvalue weighted by molar-refractivity contribution is -0.116. The Morgan fingerprint density at radius 2 is 1.53 bits per heavy atom. The minimum absolute atomic E-state index is 0.0777. The molecule has 1 heterocycles. The Hall–Kier alpha value is -5.39. The number of carbonyl (C=O) groups is 4. The van der Waals surface area contributed by atoms with Gasteiger partial charge in [-0.15, -0.1) is 11.6 Å². The van der Waals surface area contributed by atoms with Gasteiger partial charge in [0.25, 0.3) is 5.91 Å². The van der Waals surface area contributed by atoms with Gasteiger partial charge in [-0.05, 0) is 72.4 Å². The highest BCUT2D eigenvalue weighted by molar-refractivity contribution is 6.19. The first kappa shape index (κ1) is 39.3. The second-order valence-corrected chi connectivity index (χ2v) is 14.7. The maximum Gasteiger partial charge on any atom is 0.415 e. The molecule has 1 atom stereocenters. The molecule has 0 unspecified atom stereocenters. The molecule has 2 aliphatic rings. The van der Waals surface area contributed by atoms with Gasteiger partial charge in [0.1, 0.15) is 30.5 Å². The second kappa shape index (κ2) is 17.4. The molecule has 288 valence electrons. The summed E-state index contributed by atoms with van der Waals surface area (Å²) in [4.78, 5) is 58.4. The summed E-state index contributed by atoms with van der Waals surface area (Å²) in [5.41, 5.74) is 6.01. The van der Waals surface area contributed by atoms with Crippen molar-refractivity contribution in [3.05, 3.63) is 106 Å². The normalized spacial score (nSPS) is 14.3. The Morgan fingerprint density at radius 3 is 2.22 bits per heavy atom. The van der Waals surface area contributed by atoms with Gasteiger partial charge in [0.2, 0.25) is 0 Å². The lowest BCUT2D eigenvalue weighted by atomic mass is 9.95. The number of ketones is 1. The predicted octanol–water partition coefficient (Wildman–Crippen LogP) is 6.92. The molecule has 12 heteroatoms. The number of rotatable bonds is 14. The molecule has 0 aromatic heterocycles. The van der Waals surface area contributed by atoms with Crippen molar-refractivity contribution in [2.75, 3.05) is 71.8 Å². The average molecular weight is 767 g/mol. The Balaban J connectivity index is 1.12. The number of fused-ring (bicyclic) bond motifs is 4. The van der Waals surface area contributed by atoms with E-state index in [9.17, 15) is 19.2 Å². The molecule has 0 saturated carbocycles. The van der Waals surface area contributed by atoms with Crippen LogP contribution >= 0.6 is 11.6 Å². The van der Waals surface area contributed by atoms with Gasteiger partial charge in [-0.3, -0.25) is 9.59 Å². The molecule has 55 heavy (non-hydrogen) atoms. The van der Waals surface area contributed by atoms with Crippen LogP contribution in [0.5, 0.6) is 11.5 Å². The zero-order valence-corrected chi connectivity index (χ0v) is 32.7. The molecule has 0 spiro atoms. The van der Waals surface area contributed by atoms with Gasteiger partial charge in [0.15, 0.2) is 0 Å². The fourth-order valence-electron chi connectivity index (χ4n) is 6.83. The van der Waals surface area contributed by atoms with Crippen LogP contribution in [0, 0.1) is 0 Å². The van der Waals surface area contributed by atoms with E-state index in [1.165, 1.54) is 9.80 Å². The zero-order chi connectivity index (χ0) is 39.2. The van der Waals surface area contributed by atoms with Crippen LogP contribution in [-0.4, -0.2) is 105 Å². The van der Waals surface area contributed by atoms with E-state index in [1.807, 2.05) is 86.9 Å². The molecule has 1 aliphatic heterocycles. The summed E-state index contributed by atoms with van der Waals surface area (Å²) in [6.07, 6.45) is 1.65. The van der Waals surface area contributed by atoms with Gasteiger partial charge in [0, 0.05) is 81.9 Å². The van der Waals surface area contributed by atoms with Crippen LogP contribution in [0.15, 0.2) is 78.4 Å². The molecular formula is C43H47ClN4O7. The fourth-order valence-corrected chi connectivity index (χ4v) is 7.08. The third kappa shape index (κ3) is 9.29. The van der Waals surface area contributed by atoms with Gasteiger partial charge < -0.3 is 33.8 Å². The Morgan fingerprint density at radius 1 is 0.836 bits per heavy atom. The molecule has 0 bridgehead atoms. The van der Waals surface area contributed by atoms with Crippen LogP contribution in [-0.2, 0) is 33.8 Å². The number of likely N-dealkylation sites (N-methyl/N-ethyl adjacent to an activating group) is 3. The van der Waals surface area contributed by atoms with E-state index in [0.29, 0.717) is 48.9 Å². The van der Waals surface area contributed by atoms with Crippen molar-refractivity contribution in [1.29, 1.82) is 0 Å². The summed E-state index contributed by atoms with van der Waals surface area (Å²) >= 11 is 6.53. The Bertz CT molecular complexity index is 2120. The van der Waals surface area contributed by atoms with E-state index in [0.717, 1.165) is 50.9 Å². The summed E-state index contributed by atoms with van der Waals surface area (Å²) < 4.78 is 17.4. The number of halogens is 1. The van der Waals surface area contributed by atoms with Crippen molar-refractivity contribution in [1.82, 2.24) is 14.7 Å². The van der Waals surface area contributed by atoms with Crippen LogP contribution < -0.4 is 14.4 Å². The second-order valence-electron chi connectivity index (χ2n) is 14.4. The minimum Gasteiger partial charge on any atom is -0.492 e. The standard InChI is InChI=1S/C43H47ClN4O7/c1-28(49)20-29-10-12-30(13-11-29)27-54-42(51)46(4)16-17-47(5)43(52)55-39-24-38-40(37-9-7-6-8-36(37)39)34(25-44)26-48(38)41(50)33-21-31-14-15-35(23-32(31)22-33)53-19-18-45(2)3/h6-15,22-24,34H,16-21,25-27H2,1-5H3/t34-/m1/s1. The van der Waals surface area contributed by atoms with Crippen molar-refractivity contribution >= 4 is 58.0 Å². The topological polar surface area (TPSA) is 109 Å². The quantitative estimate of drug-likeness (QED) is 0.127. The third-order valence-electron chi connectivity index (χ3n) is 9.90. The molecule has 0 N–H and O–H groups in total. The number of amides is 3. The van der Waals surface area contributed by atoms with Crippen LogP contribution in [0.4, 0.5) is 15.3 Å². The maximum absolute atomic E-state index is 14.2. The van der Waals surface area contributed by atoms with E-state index in [1.54, 1.807) is 32.0 Å². The van der Waals surface area contributed by atoms with Crippen molar-refractivity contribution in [2.45, 2.75) is 32.3 Å². The number of hydrogen-bond acceptors (Lipinski definition) is 8. The monoisotopic (exact) mass is 766 g/mol. The minimum atomic E-state index is -0.611. The molecule has 3 amide bonds. The first-order valence-corrected chi connectivity index (χ1v) is 18.9. The Labute approximate surface area is 327 Å². The molecule has 4 aromatic rings.